The van der Waals surface area contributed by atoms with E-state index in [1.165, 1.54) is 173 Å². The van der Waals surface area contributed by atoms with Crippen LogP contribution < -0.4 is 0 Å². The van der Waals surface area contributed by atoms with E-state index >= 15 is 0 Å². The van der Waals surface area contributed by atoms with Crippen molar-refractivity contribution < 1.29 is 44.2 Å². The third kappa shape index (κ3) is 30.0. The van der Waals surface area contributed by atoms with Crippen LogP contribution in [-0.4, -0.2) is 89.6 Å². The SMILES string of the molecule is CCCCCCCCCCCCCCCCCCCCCCCCCCC(=O)OC(COCCCCCCCCCC)COC1OC(CO)C(O)C(O)C1O. The zero-order valence-corrected chi connectivity index (χ0v) is 36.0. The number of esters is 1. The molecule has 55 heavy (non-hydrogen) atoms. The van der Waals surface area contributed by atoms with Gasteiger partial charge in [-0.1, -0.05) is 206 Å². The molecule has 0 aromatic carbocycles. The molecule has 6 atom stereocenters. The van der Waals surface area contributed by atoms with Gasteiger partial charge in [0, 0.05) is 13.0 Å². The van der Waals surface area contributed by atoms with E-state index in [-0.39, 0.29) is 19.2 Å². The van der Waals surface area contributed by atoms with Gasteiger partial charge in [-0.25, -0.2) is 0 Å². The molecule has 0 bridgehead atoms. The standard InChI is InChI=1S/C46H90O9/c1-3-5-7-9-11-13-14-15-16-17-18-19-20-21-22-23-24-25-26-27-28-29-31-33-35-42(48)54-40(38-52-36-34-32-30-12-10-8-6-4-2)39-53-46-45(51)44(50)43(49)41(37-47)55-46/h40-41,43-47,49-51H,3-39H2,1-2H3. The minimum absolute atomic E-state index is 0.106. The maximum Gasteiger partial charge on any atom is 0.306 e. The van der Waals surface area contributed by atoms with E-state index in [1.54, 1.807) is 0 Å². The summed E-state index contributed by atoms with van der Waals surface area (Å²) in [5, 5.41) is 40.0. The van der Waals surface area contributed by atoms with Crippen molar-refractivity contribution in [1.82, 2.24) is 0 Å². The lowest BCUT2D eigenvalue weighted by molar-refractivity contribution is -0.305. The van der Waals surface area contributed by atoms with Crippen LogP contribution in [0.5, 0.6) is 0 Å². The van der Waals surface area contributed by atoms with Crippen LogP contribution in [0.1, 0.15) is 226 Å². The summed E-state index contributed by atoms with van der Waals surface area (Å²) in [6, 6.07) is 0. The summed E-state index contributed by atoms with van der Waals surface area (Å²) < 4.78 is 22.7. The van der Waals surface area contributed by atoms with E-state index in [0.29, 0.717) is 13.0 Å². The molecule has 0 saturated carbocycles. The van der Waals surface area contributed by atoms with Gasteiger partial charge in [-0.2, -0.15) is 0 Å². The molecule has 0 aliphatic carbocycles. The topological polar surface area (TPSA) is 135 Å². The predicted octanol–water partition coefficient (Wildman–Crippen LogP) is 10.6. The summed E-state index contributed by atoms with van der Waals surface area (Å²) in [4.78, 5) is 12.7. The fourth-order valence-corrected chi connectivity index (χ4v) is 7.55. The minimum Gasteiger partial charge on any atom is -0.457 e. The molecule has 0 aromatic heterocycles. The molecular weight excluding hydrogens is 696 g/mol. The molecule has 1 aliphatic rings. The smallest absolute Gasteiger partial charge is 0.306 e. The van der Waals surface area contributed by atoms with Crippen LogP contribution in [0.3, 0.4) is 0 Å². The molecule has 0 amide bonds. The van der Waals surface area contributed by atoms with Gasteiger partial charge in [-0.3, -0.25) is 4.79 Å². The van der Waals surface area contributed by atoms with Gasteiger partial charge in [-0.05, 0) is 12.8 Å². The Labute approximate surface area is 338 Å². The second kappa shape index (κ2) is 38.7. The van der Waals surface area contributed by atoms with Gasteiger partial charge in [-0.15, -0.1) is 0 Å². The van der Waals surface area contributed by atoms with Crippen LogP contribution in [0.4, 0.5) is 0 Å². The molecular formula is C46H90O9. The van der Waals surface area contributed by atoms with Gasteiger partial charge in [0.15, 0.2) is 6.29 Å². The van der Waals surface area contributed by atoms with E-state index in [9.17, 15) is 25.2 Å². The van der Waals surface area contributed by atoms with Crippen molar-refractivity contribution in [2.24, 2.45) is 0 Å². The lowest BCUT2D eigenvalue weighted by atomic mass is 9.99. The molecule has 1 rings (SSSR count). The van der Waals surface area contributed by atoms with E-state index in [4.69, 9.17) is 18.9 Å². The van der Waals surface area contributed by atoms with E-state index in [1.807, 2.05) is 0 Å². The van der Waals surface area contributed by atoms with E-state index < -0.39 is 43.4 Å². The van der Waals surface area contributed by atoms with Crippen molar-refractivity contribution in [3.63, 3.8) is 0 Å². The molecule has 328 valence electrons. The Hall–Kier alpha value is -0.810. The number of hydrogen-bond acceptors (Lipinski definition) is 9. The highest BCUT2D eigenvalue weighted by atomic mass is 16.7. The minimum atomic E-state index is -1.53. The first-order chi connectivity index (χ1) is 26.9. The highest BCUT2D eigenvalue weighted by Gasteiger charge is 2.44. The highest BCUT2D eigenvalue weighted by Crippen LogP contribution is 2.23. The van der Waals surface area contributed by atoms with Crippen molar-refractivity contribution in [3.05, 3.63) is 0 Å². The lowest BCUT2D eigenvalue weighted by Crippen LogP contribution is -2.59. The molecule has 1 heterocycles. The average molecular weight is 787 g/mol. The summed E-state index contributed by atoms with van der Waals surface area (Å²) in [5.74, 6) is -0.308. The largest absolute Gasteiger partial charge is 0.457 e. The van der Waals surface area contributed by atoms with Crippen LogP contribution in [-0.2, 0) is 23.7 Å². The van der Waals surface area contributed by atoms with Gasteiger partial charge in [0.1, 0.15) is 30.5 Å². The summed E-state index contributed by atoms with van der Waals surface area (Å²) in [5.41, 5.74) is 0. The fraction of sp³-hybridized carbons (Fsp3) is 0.978. The Balaban J connectivity index is 2.11. The molecule has 1 fully saturated rings. The second-order valence-electron chi connectivity index (χ2n) is 16.6. The van der Waals surface area contributed by atoms with E-state index in [0.717, 1.165) is 32.1 Å². The van der Waals surface area contributed by atoms with Gasteiger partial charge in [0.25, 0.3) is 0 Å². The van der Waals surface area contributed by atoms with Gasteiger partial charge in [0.2, 0.25) is 0 Å². The zero-order valence-electron chi connectivity index (χ0n) is 36.0. The molecule has 1 aliphatic heterocycles. The summed E-state index contributed by atoms with van der Waals surface area (Å²) >= 11 is 0. The van der Waals surface area contributed by atoms with Crippen molar-refractivity contribution in [3.8, 4) is 0 Å². The number of aliphatic hydroxyl groups is 4. The number of carbonyl (C=O) groups is 1. The number of rotatable bonds is 41. The Morgan fingerprint density at radius 1 is 0.509 bits per heavy atom. The van der Waals surface area contributed by atoms with Gasteiger partial charge >= 0.3 is 5.97 Å². The monoisotopic (exact) mass is 787 g/mol. The van der Waals surface area contributed by atoms with Crippen molar-refractivity contribution in [1.29, 1.82) is 0 Å². The van der Waals surface area contributed by atoms with Crippen LogP contribution in [0.25, 0.3) is 0 Å². The van der Waals surface area contributed by atoms with Crippen LogP contribution in [0.15, 0.2) is 0 Å². The van der Waals surface area contributed by atoms with Crippen molar-refractivity contribution >= 4 is 5.97 Å². The first-order valence-corrected chi connectivity index (χ1v) is 23.6. The van der Waals surface area contributed by atoms with Crippen LogP contribution in [0.2, 0.25) is 0 Å². The molecule has 0 aromatic rings. The number of unbranched alkanes of at least 4 members (excludes halogenated alkanes) is 30. The quantitative estimate of drug-likeness (QED) is 0.0353. The lowest BCUT2D eigenvalue weighted by Gasteiger charge is -2.39. The van der Waals surface area contributed by atoms with Gasteiger partial charge < -0.3 is 39.4 Å². The summed E-state index contributed by atoms with van der Waals surface area (Å²) in [6.07, 6.45) is 34.4. The maximum absolute atomic E-state index is 12.7. The Kier molecular flexibility index (Phi) is 36.7. The molecule has 9 heteroatoms. The second-order valence-corrected chi connectivity index (χ2v) is 16.6. The molecule has 1 saturated heterocycles. The molecule has 6 unspecified atom stereocenters. The fourth-order valence-electron chi connectivity index (χ4n) is 7.55. The zero-order chi connectivity index (χ0) is 40.0. The first kappa shape index (κ1) is 52.2. The number of hydrogen-bond donors (Lipinski definition) is 4. The Bertz CT molecular complexity index is 812. The first-order valence-electron chi connectivity index (χ1n) is 23.6. The number of ether oxygens (including phenoxy) is 4. The molecule has 0 radical (unpaired) electrons. The molecule has 0 spiro atoms. The number of aliphatic hydroxyl groups excluding tert-OH is 4. The maximum atomic E-state index is 12.7. The third-order valence-corrected chi connectivity index (χ3v) is 11.3. The molecule has 9 nitrogen and oxygen atoms in total. The van der Waals surface area contributed by atoms with E-state index in [2.05, 4.69) is 13.8 Å². The Morgan fingerprint density at radius 3 is 1.29 bits per heavy atom. The van der Waals surface area contributed by atoms with Crippen molar-refractivity contribution in [2.75, 3.05) is 26.4 Å². The van der Waals surface area contributed by atoms with Crippen LogP contribution in [0, 0.1) is 0 Å². The van der Waals surface area contributed by atoms with Crippen molar-refractivity contribution in [2.45, 2.75) is 263 Å². The summed E-state index contributed by atoms with van der Waals surface area (Å²) in [6.45, 7) is 4.58. The predicted molar refractivity (Wildman–Crippen MR) is 224 cm³/mol. The highest BCUT2D eigenvalue weighted by molar-refractivity contribution is 5.69. The number of carbonyl (C=O) groups excluding carboxylic acids is 1. The summed E-state index contributed by atoms with van der Waals surface area (Å²) in [7, 11) is 0. The van der Waals surface area contributed by atoms with Crippen LogP contribution >= 0.6 is 0 Å². The average Bonchev–Trinajstić information content (AvgIpc) is 3.18. The third-order valence-electron chi connectivity index (χ3n) is 11.3. The Morgan fingerprint density at radius 2 is 0.891 bits per heavy atom. The normalized spacial score (nSPS) is 20.6. The van der Waals surface area contributed by atoms with Gasteiger partial charge in [0.05, 0.1) is 19.8 Å². The molecule has 4 N–H and O–H groups in total.